The molecule has 1 fully saturated rings. The normalized spacial score (nSPS) is 17.1. The van der Waals surface area contributed by atoms with Gasteiger partial charge in [-0.3, -0.25) is 9.48 Å². The molecule has 3 rings (SSSR count). The van der Waals surface area contributed by atoms with Crippen LogP contribution in [-0.4, -0.2) is 35.4 Å². The van der Waals surface area contributed by atoms with Crippen LogP contribution < -0.4 is 5.32 Å². The summed E-state index contributed by atoms with van der Waals surface area (Å²) in [6.45, 7) is 2.38. The molecular weight excluding hydrogens is 278 g/mol. The smallest absolute Gasteiger partial charge is 0.241 e. The average Bonchev–Trinajstić information content (AvgIpc) is 3.08. The fraction of sp³-hybridized carbons (Fsp3) is 0.412. The highest BCUT2D eigenvalue weighted by molar-refractivity contribution is 5.75. The van der Waals surface area contributed by atoms with Crippen LogP contribution in [0, 0.1) is 0 Å². The van der Waals surface area contributed by atoms with Gasteiger partial charge in [0.2, 0.25) is 5.91 Å². The maximum atomic E-state index is 12.1. The standard InChI is InChI=1S/C17H21N3O2/c21-16(13-20-10-4-9-19-20)18-14-17(7-11-22-12-8-17)15-5-2-1-3-6-15/h1-6,9-10H,7-8,11-14H2,(H,18,21). The molecule has 1 N–H and O–H groups in total. The summed E-state index contributed by atoms with van der Waals surface area (Å²) >= 11 is 0. The molecule has 0 spiro atoms. The summed E-state index contributed by atoms with van der Waals surface area (Å²) in [5.41, 5.74) is 1.25. The van der Waals surface area contributed by atoms with E-state index in [1.54, 1.807) is 17.1 Å². The number of benzene rings is 1. The Morgan fingerprint density at radius 1 is 1.23 bits per heavy atom. The van der Waals surface area contributed by atoms with Gasteiger partial charge in [0.05, 0.1) is 0 Å². The van der Waals surface area contributed by atoms with E-state index in [1.807, 2.05) is 12.1 Å². The number of carbonyl (C=O) groups excluding carboxylic acids is 1. The summed E-state index contributed by atoms with van der Waals surface area (Å²) in [4.78, 5) is 12.1. The first kappa shape index (κ1) is 14.8. The summed E-state index contributed by atoms with van der Waals surface area (Å²) in [5, 5.41) is 7.14. The fourth-order valence-corrected chi connectivity index (χ4v) is 2.99. The van der Waals surface area contributed by atoms with Crippen LogP contribution >= 0.6 is 0 Å². The molecule has 2 aromatic rings. The molecule has 0 unspecified atom stereocenters. The van der Waals surface area contributed by atoms with E-state index in [4.69, 9.17) is 4.74 Å². The zero-order valence-corrected chi connectivity index (χ0v) is 12.6. The Hall–Kier alpha value is -2.14. The molecule has 0 radical (unpaired) electrons. The van der Waals surface area contributed by atoms with Gasteiger partial charge in [0.15, 0.2) is 0 Å². The maximum absolute atomic E-state index is 12.1. The second-order valence-corrected chi connectivity index (χ2v) is 5.74. The molecule has 0 atom stereocenters. The minimum absolute atomic E-state index is 0.00880. The van der Waals surface area contributed by atoms with Crippen LogP contribution in [0.5, 0.6) is 0 Å². The Kier molecular flexibility index (Phi) is 4.53. The second kappa shape index (κ2) is 6.75. The number of hydrogen-bond donors (Lipinski definition) is 1. The highest BCUT2D eigenvalue weighted by Crippen LogP contribution is 2.34. The first-order valence-electron chi connectivity index (χ1n) is 7.66. The van der Waals surface area contributed by atoms with E-state index < -0.39 is 0 Å². The van der Waals surface area contributed by atoms with Crippen molar-refractivity contribution in [3.8, 4) is 0 Å². The van der Waals surface area contributed by atoms with Gasteiger partial charge in [0.25, 0.3) is 0 Å². The van der Waals surface area contributed by atoms with E-state index in [2.05, 4.69) is 34.7 Å². The van der Waals surface area contributed by atoms with Gasteiger partial charge < -0.3 is 10.1 Å². The van der Waals surface area contributed by atoms with Gasteiger partial charge in [-0.15, -0.1) is 0 Å². The predicted molar refractivity (Wildman–Crippen MR) is 83.4 cm³/mol. The van der Waals surface area contributed by atoms with Crippen LogP contribution in [0.2, 0.25) is 0 Å². The number of amides is 1. The quantitative estimate of drug-likeness (QED) is 0.915. The number of nitrogens with one attached hydrogen (secondary N) is 1. The Morgan fingerprint density at radius 3 is 2.68 bits per heavy atom. The molecule has 1 aromatic heterocycles. The van der Waals surface area contributed by atoms with Crippen molar-refractivity contribution in [1.29, 1.82) is 0 Å². The molecular formula is C17H21N3O2. The van der Waals surface area contributed by atoms with Gasteiger partial charge in [-0.2, -0.15) is 5.10 Å². The van der Waals surface area contributed by atoms with Crippen LogP contribution in [0.15, 0.2) is 48.8 Å². The highest BCUT2D eigenvalue weighted by Gasteiger charge is 2.34. The molecule has 0 bridgehead atoms. The minimum Gasteiger partial charge on any atom is -0.381 e. The van der Waals surface area contributed by atoms with E-state index in [-0.39, 0.29) is 17.9 Å². The molecule has 116 valence electrons. The number of hydrogen-bond acceptors (Lipinski definition) is 3. The topological polar surface area (TPSA) is 56.2 Å². The molecule has 5 nitrogen and oxygen atoms in total. The summed E-state index contributed by atoms with van der Waals surface area (Å²) in [6.07, 6.45) is 5.33. The molecule has 22 heavy (non-hydrogen) atoms. The van der Waals surface area contributed by atoms with Crippen molar-refractivity contribution in [2.45, 2.75) is 24.8 Å². The van der Waals surface area contributed by atoms with Gasteiger partial charge in [-0.25, -0.2) is 0 Å². The third-order valence-electron chi connectivity index (χ3n) is 4.32. The summed E-state index contributed by atoms with van der Waals surface area (Å²) in [5.74, 6) is -0.00880. The van der Waals surface area contributed by atoms with Gasteiger partial charge in [0, 0.05) is 37.6 Å². The largest absolute Gasteiger partial charge is 0.381 e. The van der Waals surface area contributed by atoms with Crippen LogP contribution in [0.25, 0.3) is 0 Å². The Labute approximate surface area is 130 Å². The molecule has 1 aliphatic rings. The van der Waals surface area contributed by atoms with Gasteiger partial charge in [0.1, 0.15) is 6.54 Å². The van der Waals surface area contributed by atoms with Crippen molar-refractivity contribution in [3.63, 3.8) is 0 Å². The second-order valence-electron chi connectivity index (χ2n) is 5.74. The molecule has 2 heterocycles. The third-order valence-corrected chi connectivity index (χ3v) is 4.32. The average molecular weight is 299 g/mol. The Balaban J connectivity index is 1.67. The maximum Gasteiger partial charge on any atom is 0.241 e. The summed E-state index contributed by atoms with van der Waals surface area (Å²) in [7, 11) is 0. The lowest BCUT2D eigenvalue weighted by molar-refractivity contribution is -0.122. The Morgan fingerprint density at radius 2 is 2.00 bits per heavy atom. The van der Waals surface area contributed by atoms with E-state index in [0.717, 1.165) is 26.1 Å². The molecule has 1 amide bonds. The number of rotatable bonds is 5. The van der Waals surface area contributed by atoms with E-state index >= 15 is 0 Å². The summed E-state index contributed by atoms with van der Waals surface area (Å²) < 4.78 is 7.14. The fourth-order valence-electron chi connectivity index (χ4n) is 2.99. The lowest BCUT2D eigenvalue weighted by atomic mass is 9.74. The molecule has 1 aliphatic heterocycles. The molecule has 1 saturated heterocycles. The van der Waals surface area contributed by atoms with Crippen molar-refractivity contribution in [3.05, 3.63) is 54.4 Å². The molecule has 1 aromatic carbocycles. The monoisotopic (exact) mass is 299 g/mol. The minimum atomic E-state index is -0.0285. The lowest BCUT2D eigenvalue weighted by Crippen LogP contribution is -2.45. The van der Waals surface area contributed by atoms with Crippen molar-refractivity contribution >= 4 is 5.91 Å². The van der Waals surface area contributed by atoms with Gasteiger partial charge in [-0.1, -0.05) is 30.3 Å². The van der Waals surface area contributed by atoms with Crippen molar-refractivity contribution < 1.29 is 9.53 Å². The van der Waals surface area contributed by atoms with Crippen molar-refractivity contribution in [2.75, 3.05) is 19.8 Å². The molecule has 5 heteroatoms. The van der Waals surface area contributed by atoms with Crippen LogP contribution in [-0.2, 0) is 21.5 Å². The first-order chi connectivity index (χ1) is 10.8. The van der Waals surface area contributed by atoms with Gasteiger partial charge in [-0.05, 0) is 24.5 Å². The van der Waals surface area contributed by atoms with E-state index in [0.29, 0.717) is 6.54 Å². The SMILES string of the molecule is O=C(Cn1cccn1)NCC1(c2ccccc2)CCOCC1. The Bertz CT molecular complexity index is 590. The zero-order chi connectivity index (χ0) is 15.3. The number of aromatic nitrogens is 2. The number of nitrogens with zero attached hydrogens (tertiary/aromatic N) is 2. The van der Waals surface area contributed by atoms with Crippen LogP contribution in [0.1, 0.15) is 18.4 Å². The van der Waals surface area contributed by atoms with Crippen molar-refractivity contribution in [2.24, 2.45) is 0 Å². The van der Waals surface area contributed by atoms with Crippen LogP contribution in [0.3, 0.4) is 0 Å². The number of ether oxygens (including phenoxy) is 1. The molecule has 0 aliphatic carbocycles. The molecule has 0 saturated carbocycles. The van der Waals surface area contributed by atoms with Gasteiger partial charge >= 0.3 is 0 Å². The van der Waals surface area contributed by atoms with E-state index in [9.17, 15) is 4.79 Å². The predicted octanol–water partition coefficient (Wildman–Crippen LogP) is 1.75. The van der Waals surface area contributed by atoms with Crippen LogP contribution in [0.4, 0.5) is 0 Å². The van der Waals surface area contributed by atoms with Crippen molar-refractivity contribution in [1.82, 2.24) is 15.1 Å². The third kappa shape index (κ3) is 3.36. The highest BCUT2D eigenvalue weighted by atomic mass is 16.5. The summed E-state index contributed by atoms with van der Waals surface area (Å²) in [6, 6.07) is 12.2. The van der Waals surface area contributed by atoms with E-state index in [1.165, 1.54) is 5.56 Å². The zero-order valence-electron chi connectivity index (χ0n) is 12.6. The number of carbonyl (C=O) groups is 1. The first-order valence-corrected chi connectivity index (χ1v) is 7.66. The lowest BCUT2D eigenvalue weighted by Gasteiger charge is -2.38.